The van der Waals surface area contributed by atoms with Crippen LogP contribution in [0.4, 0.5) is 5.69 Å². The van der Waals surface area contributed by atoms with Crippen LogP contribution in [0.1, 0.15) is 11.1 Å². The molecule has 0 aliphatic carbocycles. The molecule has 0 radical (unpaired) electrons. The Hall–Kier alpha value is -0.390. The summed E-state index contributed by atoms with van der Waals surface area (Å²) in [4.78, 5) is 1.99. The number of halogens is 1. The fourth-order valence-electron chi connectivity index (χ4n) is 2.31. The zero-order valence-electron chi connectivity index (χ0n) is 11.1. The van der Waals surface area contributed by atoms with Gasteiger partial charge in [-0.1, -0.05) is 17.7 Å². The predicted octanol–water partition coefficient (Wildman–Crippen LogP) is 2.66. The van der Waals surface area contributed by atoms with Crippen molar-refractivity contribution in [2.24, 2.45) is 0 Å². The van der Waals surface area contributed by atoms with Gasteiger partial charge in [-0.3, -0.25) is 0 Å². The van der Waals surface area contributed by atoms with Crippen LogP contribution in [0.3, 0.4) is 0 Å². The highest BCUT2D eigenvalue weighted by Gasteiger charge is 2.32. The molecule has 1 aliphatic rings. The first-order valence-electron chi connectivity index (χ1n) is 6.12. The highest BCUT2D eigenvalue weighted by atomic mass is 35.5. The molecule has 1 aromatic carbocycles. The average Bonchev–Trinajstić information content (AvgIpc) is 2.37. The minimum atomic E-state index is -3.10. The highest BCUT2D eigenvalue weighted by Crippen LogP contribution is 2.30. The molecule has 1 heterocycles. The molecule has 0 bridgehead atoms. The van der Waals surface area contributed by atoms with Gasteiger partial charge in [0, 0.05) is 35.9 Å². The molecule has 1 aliphatic heterocycles. The van der Waals surface area contributed by atoms with Crippen LogP contribution in [0.5, 0.6) is 0 Å². The molecule has 0 spiro atoms. The molecular formula is C13H18ClNO2S2. The number of aryl methyl sites for hydroxylation is 1. The number of alkyl halides is 1. The summed E-state index contributed by atoms with van der Waals surface area (Å²) in [5.74, 6) is 1.97. The fraction of sp³-hybridized carbons (Fsp3) is 0.538. The summed E-state index contributed by atoms with van der Waals surface area (Å²) in [5, 5.41) is -0.448. The molecule has 0 aromatic heterocycles. The van der Waals surface area contributed by atoms with Crippen LogP contribution in [0.15, 0.2) is 18.2 Å². The van der Waals surface area contributed by atoms with Crippen LogP contribution in [-0.4, -0.2) is 38.1 Å². The Kier molecular flexibility index (Phi) is 4.69. The molecule has 6 heteroatoms. The van der Waals surface area contributed by atoms with Gasteiger partial charge in [-0.15, -0.1) is 11.6 Å². The first-order valence-corrected chi connectivity index (χ1v) is 9.76. The molecule has 0 saturated carbocycles. The third kappa shape index (κ3) is 3.38. The summed E-state index contributed by atoms with van der Waals surface area (Å²) in [5.41, 5.74) is 3.10. The van der Waals surface area contributed by atoms with E-state index in [9.17, 15) is 8.42 Å². The average molecular weight is 320 g/mol. The standard InChI is InChI=1S/C13H18ClNO2S2/c1-10-3-4-12(11(7-10)8-14)15-5-6-18-9-13(15)19(2,16)17/h3-4,7,13H,5-6,8-9H2,1-2H3. The summed E-state index contributed by atoms with van der Waals surface area (Å²) in [7, 11) is -3.10. The zero-order valence-corrected chi connectivity index (χ0v) is 13.5. The van der Waals surface area contributed by atoms with Gasteiger partial charge in [0.2, 0.25) is 0 Å². The summed E-state index contributed by atoms with van der Waals surface area (Å²) >= 11 is 7.70. The van der Waals surface area contributed by atoms with Crippen molar-refractivity contribution in [3.63, 3.8) is 0 Å². The van der Waals surface area contributed by atoms with Crippen LogP contribution >= 0.6 is 23.4 Å². The Balaban J connectivity index is 2.43. The second-order valence-corrected chi connectivity index (χ2v) is 8.44. The van der Waals surface area contributed by atoms with E-state index >= 15 is 0 Å². The van der Waals surface area contributed by atoms with E-state index in [4.69, 9.17) is 11.6 Å². The van der Waals surface area contributed by atoms with Gasteiger partial charge in [0.05, 0.1) is 0 Å². The summed E-state index contributed by atoms with van der Waals surface area (Å²) in [6.45, 7) is 2.76. The topological polar surface area (TPSA) is 37.4 Å². The number of nitrogens with zero attached hydrogens (tertiary/aromatic N) is 1. The molecule has 2 rings (SSSR count). The van der Waals surface area contributed by atoms with Gasteiger partial charge in [0.25, 0.3) is 0 Å². The minimum absolute atomic E-state index is 0.400. The van der Waals surface area contributed by atoms with Crippen LogP contribution in [0, 0.1) is 6.92 Å². The number of thioether (sulfide) groups is 1. The third-order valence-corrected chi connectivity index (χ3v) is 6.20. The number of hydrogen-bond acceptors (Lipinski definition) is 4. The predicted molar refractivity (Wildman–Crippen MR) is 84.0 cm³/mol. The van der Waals surface area contributed by atoms with Crippen molar-refractivity contribution in [3.8, 4) is 0 Å². The molecule has 1 fully saturated rings. The number of rotatable bonds is 3. The van der Waals surface area contributed by atoms with Gasteiger partial charge in [-0.25, -0.2) is 8.42 Å². The largest absolute Gasteiger partial charge is 0.353 e. The van der Waals surface area contributed by atoms with E-state index in [2.05, 4.69) is 0 Å². The quantitative estimate of drug-likeness (QED) is 0.803. The van der Waals surface area contributed by atoms with Crippen molar-refractivity contribution in [2.45, 2.75) is 18.2 Å². The number of benzene rings is 1. The second kappa shape index (κ2) is 5.94. The van der Waals surface area contributed by atoms with Crippen LogP contribution in [0.2, 0.25) is 0 Å². The van der Waals surface area contributed by atoms with Gasteiger partial charge in [-0.2, -0.15) is 11.8 Å². The maximum atomic E-state index is 11.9. The van der Waals surface area contributed by atoms with E-state index in [0.717, 1.165) is 29.1 Å². The van der Waals surface area contributed by atoms with Crippen molar-refractivity contribution >= 4 is 38.9 Å². The molecule has 106 valence electrons. The lowest BCUT2D eigenvalue weighted by atomic mass is 10.1. The number of sulfone groups is 1. The Morgan fingerprint density at radius 2 is 2.21 bits per heavy atom. The van der Waals surface area contributed by atoms with Crippen LogP contribution < -0.4 is 4.90 Å². The highest BCUT2D eigenvalue weighted by molar-refractivity contribution is 8.01. The van der Waals surface area contributed by atoms with Crippen molar-refractivity contribution < 1.29 is 8.42 Å². The Bertz CT molecular complexity index is 560. The lowest BCUT2D eigenvalue weighted by Gasteiger charge is -2.37. The van der Waals surface area contributed by atoms with E-state index in [1.807, 2.05) is 30.0 Å². The van der Waals surface area contributed by atoms with E-state index in [1.54, 1.807) is 11.8 Å². The zero-order chi connectivity index (χ0) is 14.0. The Morgan fingerprint density at radius 1 is 1.47 bits per heavy atom. The van der Waals surface area contributed by atoms with E-state index in [1.165, 1.54) is 6.26 Å². The van der Waals surface area contributed by atoms with Crippen LogP contribution in [-0.2, 0) is 15.7 Å². The van der Waals surface area contributed by atoms with Crippen molar-refractivity contribution in [1.29, 1.82) is 0 Å². The SMILES string of the molecule is Cc1ccc(N2CCSCC2S(C)(=O)=O)c(CCl)c1. The smallest absolute Gasteiger partial charge is 0.169 e. The molecule has 1 atom stereocenters. The van der Waals surface area contributed by atoms with E-state index in [0.29, 0.717) is 11.6 Å². The minimum Gasteiger partial charge on any atom is -0.353 e. The lowest BCUT2D eigenvalue weighted by molar-refractivity contribution is 0.584. The number of hydrogen-bond donors (Lipinski definition) is 0. The monoisotopic (exact) mass is 319 g/mol. The number of anilines is 1. The van der Waals surface area contributed by atoms with Crippen molar-refractivity contribution in [1.82, 2.24) is 0 Å². The summed E-state index contributed by atoms with van der Waals surface area (Å²) in [6, 6.07) is 6.02. The third-order valence-electron chi connectivity index (χ3n) is 3.27. The molecule has 1 unspecified atom stereocenters. The first kappa shape index (κ1) is 15.0. The van der Waals surface area contributed by atoms with Crippen LogP contribution in [0.25, 0.3) is 0 Å². The molecule has 0 amide bonds. The molecule has 0 N–H and O–H groups in total. The van der Waals surface area contributed by atoms with E-state index < -0.39 is 15.2 Å². The normalized spacial score (nSPS) is 20.6. The maximum Gasteiger partial charge on any atom is 0.169 e. The van der Waals surface area contributed by atoms with Crippen molar-refractivity contribution in [2.75, 3.05) is 29.2 Å². The second-order valence-electron chi connectivity index (χ2n) is 4.82. The van der Waals surface area contributed by atoms with Gasteiger partial charge < -0.3 is 4.90 Å². The van der Waals surface area contributed by atoms with Gasteiger partial charge in [0.1, 0.15) is 5.37 Å². The molecule has 19 heavy (non-hydrogen) atoms. The summed E-state index contributed by atoms with van der Waals surface area (Å²) in [6.07, 6.45) is 1.31. The molecule has 3 nitrogen and oxygen atoms in total. The summed E-state index contributed by atoms with van der Waals surface area (Å²) < 4.78 is 23.9. The maximum absolute atomic E-state index is 11.9. The van der Waals surface area contributed by atoms with Gasteiger partial charge >= 0.3 is 0 Å². The Morgan fingerprint density at radius 3 is 2.84 bits per heavy atom. The van der Waals surface area contributed by atoms with Gasteiger partial charge in [0.15, 0.2) is 9.84 Å². The molecular weight excluding hydrogens is 302 g/mol. The van der Waals surface area contributed by atoms with E-state index in [-0.39, 0.29) is 0 Å². The Labute approximate surface area is 124 Å². The fourth-order valence-corrected chi connectivity index (χ4v) is 5.36. The molecule has 1 saturated heterocycles. The lowest BCUT2D eigenvalue weighted by Crippen LogP contribution is -2.47. The first-order chi connectivity index (χ1) is 8.93. The molecule has 1 aromatic rings. The van der Waals surface area contributed by atoms with Crippen molar-refractivity contribution in [3.05, 3.63) is 29.3 Å². The van der Waals surface area contributed by atoms with Gasteiger partial charge in [-0.05, 0) is 18.6 Å².